The molecule has 0 bridgehead atoms. The van der Waals surface area contributed by atoms with E-state index in [0.717, 1.165) is 6.42 Å². The molecule has 3 unspecified atom stereocenters. The summed E-state index contributed by atoms with van der Waals surface area (Å²) in [6.07, 6.45) is 1.42. The van der Waals surface area contributed by atoms with Gasteiger partial charge < -0.3 is 15.1 Å². The fourth-order valence-electron chi connectivity index (χ4n) is 5.64. The lowest BCUT2D eigenvalue weighted by Crippen LogP contribution is -2.76. The van der Waals surface area contributed by atoms with E-state index in [1.807, 2.05) is 13.8 Å². The van der Waals surface area contributed by atoms with Gasteiger partial charge in [0.2, 0.25) is 27.7 Å². The van der Waals surface area contributed by atoms with E-state index in [-0.39, 0.29) is 58.2 Å². The average Bonchev–Trinajstić information content (AvgIpc) is 2.85. The first-order valence-electron chi connectivity index (χ1n) is 13.5. The Morgan fingerprint density at radius 3 is 2.32 bits per heavy atom. The second-order valence-corrected chi connectivity index (χ2v) is 14.1. The summed E-state index contributed by atoms with van der Waals surface area (Å²) in [6.45, 7) is 3.34. The number of carbonyl (C=O) groups is 3. The van der Waals surface area contributed by atoms with Gasteiger partial charge in [0.05, 0.1) is 11.6 Å². The van der Waals surface area contributed by atoms with Crippen molar-refractivity contribution in [3.05, 3.63) is 63.1 Å². The number of hydrogen-bond donors (Lipinski definition) is 1. The van der Waals surface area contributed by atoms with Gasteiger partial charge in [-0.3, -0.25) is 14.4 Å². The van der Waals surface area contributed by atoms with E-state index in [1.54, 1.807) is 29.2 Å². The van der Waals surface area contributed by atoms with Crippen molar-refractivity contribution in [3.63, 3.8) is 0 Å². The predicted molar refractivity (Wildman–Crippen MR) is 156 cm³/mol. The van der Waals surface area contributed by atoms with Crippen LogP contribution in [0.5, 0.6) is 0 Å². The smallest absolute Gasteiger partial charge is 0.248 e. The number of halogens is 3. The molecule has 1 aliphatic carbocycles. The molecule has 41 heavy (non-hydrogen) atoms. The second-order valence-electron chi connectivity index (χ2n) is 11.0. The number of fused-ring (bicyclic) bond motifs is 1. The largest absolute Gasteiger partial charge is 0.343 e. The number of benzene rings is 2. The van der Waals surface area contributed by atoms with Crippen molar-refractivity contribution in [2.24, 2.45) is 5.92 Å². The Kier molecular flexibility index (Phi) is 8.61. The van der Waals surface area contributed by atoms with Crippen LogP contribution in [0.15, 0.2) is 47.4 Å². The van der Waals surface area contributed by atoms with Crippen molar-refractivity contribution in [2.75, 3.05) is 13.1 Å². The van der Waals surface area contributed by atoms with Crippen LogP contribution in [0.4, 0.5) is 0 Å². The van der Waals surface area contributed by atoms with Crippen molar-refractivity contribution < 1.29 is 22.8 Å². The quantitative estimate of drug-likeness (QED) is 0.493. The molecule has 5 rings (SSSR count). The number of rotatable bonds is 7. The molecule has 2 aromatic rings. The summed E-state index contributed by atoms with van der Waals surface area (Å²) < 4.78 is 29.6. The van der Waals surface area contributed by atoms with Gasteiger partial charge in [-0.2, -0.15) is 4.31 Å². The molecule has 2 aromatic carbocycles. The molecular weight excluding hydrogens is 611 g/mol. The van der Waals surface area contributed by atoms with Crippen LogP contribution in [-0.4, -0.2) is 77.6 Å². The maximum absolute atomic E-state index is 14.2. The molecule has 220 valence electrons. The van der Waals surface area contributed by atoms with Crippen molar-refractivity contribution >= 4 is 62.5 Å². The van der Waals surface area contributed by atoms with Gasteiger partial charge in [-0.15, -0.1) is 0 Å². The molecular formula is C28H31Cl3N4O5S. The summed E-state index contributed by atoms with van der Waals surface area (Å²) >= 11 is 18.6. The minimum Gasteiger partial charge on any atom is -0.343 e. The average molecular weight is 642 g/mol. The zero-order chi connectivity index (χ0) is 29.6. The Labute approximate surface area is 254 Å². The van der Waals surface area contributed by atoms with Gasteiger partial charge in [0.25, 0.3) is 0 Å². The van der Waals surface area contributed by atoms with Crippen LogP contribution in [0.2, 0.25) is 15.1 Å². The Morgan fingerprint density at radius 1 is 1.00 bits per heavy atom. The maximum atomic E-state index is 14.2. The summed E-state index contributed by atoms with van der Waals surface area (Å²) in [6, 6.07) is 8.59. The van der Waals surface area contributed by atoms with E-state index < -0.39 is 34.2 Å². The maximum Gasteiger partial charge on any atom is 0.248 e. The van der Waals surface area contributed by atoms with Crippen LogP contribution < -0.4 is 5.32 Å². The summed E-state index contributed by atoms with van der Waals surface area (Å²) in [4.78, 5) is 43.7. The topological polar surface area (TPSA) is 107 Å². The van der Waals surface area contributed by atoms with E-state index in [0.29, 0.717) is 23.4 Å². The molecule has 3 amide bonds. The normalized spacial score (nSPS) is 23.9. The van der Waals surface area contributed by atoms with Crippen LogP contribution in [0, 0.1) is 5.92 Å². The minimum atomic E-state index is -4.31. The molecule has 1 saturated carbocycles. The summed E-state index contributed by atoms with van der Waals surface area (Å²) in [7, 11) is -4.31. The first kappa shape index (κ1) is 30.1. The predicted octanol–water partition coefficient (Wildman–Crippen LogP) is 3.95. The van der Waals surface area contributed by atoms with Gasteiger partial charge >= 0.3 is 0 Å². The lowest BCUT2D eigenvalue weighted by Gasteiger charge is -2.54. The molecule has 13 heteroatoms. The van der Waals surface area contributed by atoms with Gasteiger partial charge in [-0.1, -0.05) is 53.4 Å². The molecule has 3 aliphatic rings. The van der Waals surface area contributed by atoms with E-state index in [1.165, 1.54) is 27.4 Å². The van der Waals surface area contributed by atoms with Crippen molar-refractivity contribution in [2.45, 2.75) is 68.7 Å². The molecule has 2 aliphatic heterocycles. The molecule has 9 nitrogen and oxygen atoms in total. The van der Waals surface area contributed by atoms with E-state index in [9.17, 15) is 22.8 Å². The van der Waals surface area contributed by atoms with E-state index >= 15 is 0 Å². The van der Waals surface area contributed by atoms with Crippen LogP contribution in [-0.2, 0) is 30.8 Å². The molecule has 2 heterocycles. The van der Waals surface area contributed by atoms with Crippen LogP contribution in [0.25, 0.3) is 0 Å². The molecule has 0 radical (unpaired) electrons. The number of nitrogens with zero attached hydrogens (tertiary/aromatic N) is 3. The Bertz CT molecular complexity index is 1480. The van der Waals surface area contributed by atoms with Gasteiger partial charge in [-0.25, -0.2) is 8.42 Å². The van der Waals surface area contributed by atoms with E-state index in [4.69, 9.17) is 34.8 Å². The number of sulfonamides is 1. The highest BCUT2D eigenvalue weighted by Crippen LogP contribution is 2.35. The third-order valence-electron chi connectivity index (χ3n) is 8.05. The Hall–Kier alpha value is -2.37. The molecule has 0 aromatic heterocycles. The highest BCUT2D eigenvalue weighted by Gasteiger charge is 2.54. The summed E-state index contributed by atoms with van der Waals surface area (Å²) in [5.41, 5.74) is 0.712. The van der Waals surface area contributed by atoms with Crippen LogP contribution >= 0.6 is 34.8 Å². The van der Waals surface area contributed by atoms with Gasteiger partial charge in [-0.05, 0) is 62.6 Å². The standard InChI is InChI=1S/C28H31Cl3N4O5S/c1-16(2)33-15-25-34(41(39,40)24-10-9-20(30)13-21(24)31)14-22(32-26(36)18-6-4-7-18)27(37)35(25)23(28(33)38)12-17-5-3-8-19(29)11-17/h3,5,8-11,13,16,18,22-23,25H,4,6-7,12,14-15H2,1-2H3,(H,32,36). The third kappa shape index (κ3) is 5.82. The lowest BCUT2D eigenvalue weighted by atomic mass is 9.84. The monoisotopic (exact) mass is 640 g/mol. The summed E-state index contributed by atoms with van der Waals surface area (Å²) in [5.74, 6) is -1.33. The van der Waals surface area contributed by atoms with Crippen molar-refractivity contribution in [3.8, 4) is 0 Å². The van der Waals surface area contributed by atoms with Gasteiger partial charge in [0.1, 0.15) is 23.1 Å². The highest BCUT2D eigenvalue weighted by molar-refractivity contribution is 7.89. The molecule has 0 spiro atoms. The van der Waals surface area contributed by atoms with Gasteiger partial charge in [0, 0.05) is 35.0 Å². The summed E-state index contributed by atoms with van der Waals surface area (Å²) in [5, 5.41) is 3.46. The molecule has 1 N–H and O–H groups in total. The number of amides is 3. The first-order valence-corrected chi connectivity index (χ1v) is 16.1. The van der Waals surface area contributed by atoms with E-state index in [2.05, 4.69) is 5.32 Å². The van der Waals surface area contributed by atoms with Crippen molar-refractivity contribution in [1.82, 2.24) is 19.4 Å². The Balaban J connectivity index is 1.60. The zero-order valence-electron chi connectivity index (χ0n) is 22.6. The SMILES string of the molecule is CC(C)N1CC2N(C(=O)C(NC(=O)C3CCC3)CN2S(=O)(=O)c2ccc(Cl)cc2Cl)C(Cc2cccc(Cl)c2)C1=O. The molecule has 2 saturated heterocycles. The fraction of sp³-hybridized carbons (Fsp3) is 0.464. The zero-order valence-corrected chi connectivity index (χ0v) is 25.7. The number of hydrogen-bond acceptors (Lipinski definition) is 5. The minimum absolute atomic E-state index is 0.0397. The highest BCUT2D eigenvalue weighted by atomic mass is 35.5. The molecule has 3 atom stereocenters. The van der Waals surface area contributed by atoms with Crippen LogP contribution in [0.3, 0.4) is 0 Å². The Morgan fingerprint density at radius 2 is 1.71 bits per heavy atom. The lowest BCUT2D eigenvalue weighted by molar-refractivity contribution is -0.169. The third-order valence-corrected chi connectivity index (χ3v) is 10.9. The number of nitrogens with one attached hydrogen (secondary N) is 1. The number of carbonyl (C=O) groups excluding carboxylic acids is 3. The van der Waals surface area contributed by atoms with Gasteiger partial charge in [0.15, 0.2) is 0 Å². The second kappa shape index (κ2) is 11.7. The molecule has 3 fully saturated rings. The first-order chi connectivity index (χ1) is 19.4. The van der Waals surface area contributed by atoms with Crippen LogP contribution in [0.1, 0.15) is 38.7 Å². The van der Waals surface area contributed by atoms with Crippen molar-refractivity contribution in [1.29, 1.82) is 0 Å². The number of piperazine rings is 1. The fourth-order valence-corrected chi connectivity index (χ4v) is 8.18.